The van der Waals surface area contributed by atoms with Crippen LogP contribution in [0.15, 0.2) is 0 Å². The van der Waals surface area contributed by atoms with Crippen molar-refractivity contribution in [1.29, 1.82) is 0 Å². The van der Waals surface area contributed by atoms with Crippen LogP contribution in [0.3, 0.4) is 0 Å². The van der Waals surface area contributed by atoms with Gasteiger partial charge in [0.05, 0.1) is 6.42 Å². The maximum absolute atomic E-state index is 12.1. The molecule has 0 fully saturated rings. The number of aromatic nitrogens is 3. The summed E-state index contributed by atoms with van der Waals surface area (Å²) in [5.74, 6) is -2.74. The Kier molecular flexibility index (Phi) is 3.89. The minimum atomic E-state index is -1.48. The standard InChI is InChI=1S/C11H12N4O5S/c1-4-8(21-11-14-13-5(2)15(4)11)9(18)12-6(10(19)20)3-7(16)17/h6H,3H2,1-2H3,(H,12,18)(H,16,17)(H,19,20). The fourth-order valence-corrected chi connectivity index (χ4v) is 2.89. The smallest absolute Gasteiger partial charge is 0.326 e. The van der Waals surface area contributed by atoms with Crippen molar-refractivity contribution in [1.82, 2.24) is 19.9 Å². The average Bonchev–Trinajstić information content (AvgIpc) is 2.90. The Morgan fingerprint density at radius 3 is 2.48 bits per heavy atom. The molecule has 112 valence electrons. The van der Waals surface area contributed by atoms with E-state index < -0.39 is 30.3 Å². The van der Waals surface area contributed by atoms with Gasteiger partial charge >= 0.3 is 11.9 Å². The van der Waals surface area contributed by atoms with Gasteiger partial charge in [-0.15, -0.1) is 10.2 Å². The lowest BCUT2D eigenvalue weighted by Crippen LogP contribution is -2.42. The highest BCUT2D eigenvalue weighted by molar-refractivity contribution is 7.19. The van der Waals surface area contributed by atoms with E-state index in [1.807, 2.05) is 0 Å². The van der Waals surface area contributed by atoms with Crippen molar-refractivity contribution in [3.8, 4) is 0 Å². The van der Waals surface area contributed by atoms with Crippen LogP contribution in [0, 0.1) is 13.8 Å². The number of amides is 1. The van der Waals surface area contributed by atoms with E-state index in [0.717, 1.165) is 11.3 Å². The van der Waals surface area contributed by atoms with Crippen LogP contribution in [0.1, 0.15) is 27.6 Å². The van der Waals surface area contributed by atoms with E-state index >= 15 is 0 Å². The summed E-state index contributed by atoms with van der Waals surface area (Å²) in [5, 5.41) is 27.5. The molecule has 9 nitrogen and oxygen atoms in total. The Labute approximate surface area is 122 Å². The summed E-state index contributed by atoms with van der Waals surface area (Å²) in [6.45, 7) is 3.41. The number of aliphatic carboxylic acids is 2. The second kappa shape index (κ2) is 5.48. The topological polar surface area (TPSA) is 134 Å². The fraction of sp³-hybridized carbons (Fsp3) is 0.364. The van der Waals surface area contributed by atoms with Gasteiger partial charge in [-0.3, -0.25) is 14.0 Å². The highest BCUT2D eigenvalue weighted by Crippen LogP contribution is 2.22. The van der Waals surface area contributed by atoms with Crippen molar-refractivity contribution >= 4 is 34.1 Å². The largest absolute Gasteiger partial charge is 0.481 e. The van der Waals surface area contributed by atoms with Crippen molar-refractivity contribution < 1.29 is 24.6 Å². The number of aryl methyl sites for hydroxylation is 2. The van der Waals surface area contributed by atoms with Crippen LogP contribution in [0.25, 0.3) is 4.96 Å². The molecule has 1 unspecified atom stereocenters. The number of carbonyl (C=O) groups is 3. The zero-order chi connectivity index (χ0) is 15.7. The molecule has 2 aromatic rings. The molecule has 0 saturated heterocycles. The maximum atomic E-state index is 12.1. The summed E-state index contributed by atoms with van der Waals surface area (Å²) in [7, 11) is 0. The number of nitrogens with zero attached hydrogens (tertiary/aromatic N) is 3. The minimum Gasteiger partial charge on any atom is -0.481 e. The Morgan fingerprint density at radius 1 is 1.29 bits per heavy atom. The number of rotatable bonds is 5. The number of nitrogens with one attached hydrogen (secondary N) is 1. The molecular formula is C11H12N4O5S. The van der Waals surface area contributed by atoms with Crippen molar-refractivity contribution in [2.24, 2.45) is 0 Å². The zero-order valence-electron chi connectivity index (χ0n) is 11.2. The van der Waals surface area contributed by atoms with Gasteiger partial charge in [-0.05, 0) is 13.8 Å². The molecule has 0 aromatic carbocycles. The Morgan fingerprint density at radius 2 is 1.95 bits per heavy atom. The molecule has 0 bridgehead atoms. The predicted molar refractivity (Wildman–Crippen MR) is 71.5 cm³/mol. The van der Waals surface area contributed by atoms with E-state index in [-0.39, 0.29) is 4.88 Å². The van der Waals surface area contributed by atoms with Crippen LogP contribution in [0.4, 0.5) is 0 Å². The van der Waals surface area contributed by atoms with E-state index in [4.69, 9.17) is 10.2 Å². The van der Waals surface area contributed by atoms with Crippen molar-refractivity contribution in [3.63, 3.8) is 0 Å². The lowest BCUT2D eigenvalue weighted by molar-refractivity contribution is -0.145. The molecule has 0 aliphatic rings. The molecule has 3 N–H and O–H groups in total. The third-order valence-electron chi connectivity index (χ3n) is 2.84. The summed E-state index contributed by atoms with van der Waals surface area (Å²) in [5.41, 5.74) is 0.578. The Balaban J connectivity index is 2.27. The van der Waals surface area contributed by atoms with E-state index in [9.17, 15) is 14.4 Å². The van der Waals surface area contributed by atoms with Gasteiger partial charge in [-0.25, -0.2) is 4.79 Å². The molecule has 0 aliphatic carbocycles. The van der Waals surface area contributed by atoms with Crippen molar-refractivity contribution in [2.45, 2.75) is 26.3 Å². The third-order valence-corrected chi connectivity index (χ3v) is 3.97. The number of thiazole rings is 1. The van der Waals surface area contributed by atoms with Crippen LogP contribution in [0.2, 0.25) is 0 Å². The summed E-state index contributed by atoms with van der Waals surface area (Å²) in [4.78, 5) is 34.5. The van der Waals surface area contributed by atoms with Crippen molar-refractivity contribution in [2.75, 3.05) is 0 Å². The predicted octanol–water partition coefficient (Wildman–Crippen LogP) is 0.0653. The van der Waals surface area contributed by atoms with Gasteiger partial charge in [0.25, 0.3) is 5.91 Å². The Hall–Kier alpha value is -2.49. The van der Waals surface area contributed by atoms with E-state index in [0.29, 0.717) is 16.5 Å². The Bertz CT molecular complexity index is 734. The molecule has 1 amide bonds. The summed E-state index contributed by atoms with van der Waals surface area (Å²) in [6, 6.07) is -1.48. The van der Waals surface area contributed by atoms with Gasteiger partial charge in [0.1, 0.15) is 16.7 Å². The van der Waals surface area contributed by atoms with E-state index in [1.54, 1.807) is 18.2 Å². The van der Waals surface area contributed by atoms with Crippen LogP contribution >= 0.6 is 11.3 Å². The molecule has 0 aliphatic heterocycles. The van der Waals surface area contributed by atoms with Crippen molar-refractivity contribution in [3.05, 3.63) is 16.4 Å². The number of carbonyl (C=O) groups excluding carboxylic acids is 1. The first kappa shape index (κ1) is 14.9. The minimum absolute atomic E-state index is 0.277. The van der Waals surface area contributed by atoms with Gasteiger partial charge in [0.2, 0.25) is 4.96 Å². The first-order valence-electron chi connectivity index (χ1n) is 5.88. The summed E-state index contributed by atoms with van der Waals surface area (Å²) >= 11 is 1.06. The molecule has 0 saturated carbocycles. The van der Waals surface area contributed by atoms with Gasteiger partial charge in [0.15, 0.2) is 0 Å². The van der Waals surface area contributed by atoms with E-state index in [1.165, 1.54) is 0 Å². The second-order valence-corrected chi connectivity index (χ2v) is 5.32. The molecule has 2 rings (SSSR count). The van der Waals surface area contributed by atoms with E-state index in [2.05, 4.69) is 15.5 Å². The van der Waals surface area contributed by atoms with Gasteiger partial charge in [-0.2, -0.15) is 0 Å². The SMILES string of the molecule is Cc1nnc2sc(C(=O)NC(CC(=O)O)C(=O)O)c(C)n12. The molecule has 0 radical (unpaired) electrons. The third kappa shape index (κ3) is 2.84. The number of carboxylic acid groups (broad SMARTS) is 2. The summed E-state index contributed by atoms with van der Waals surface area (Å²) < 4.78 is 1.67. The van der Waals surface area contributed by atoms with Crippen LogP contribution in [-0.4, -0.2) is 48.7 Å². The number of fused-ring (bicyclic) bond motifs is 1. The fourth-order valence-electron chi connectivity index (χ4n) is 1.87. The number of hydrogen-bond donors (Lipinski definition) is 3. The lowest BCUT2D eigenvalue weighted by Gasteiger charge is -2.11. The zero-order valence-corrected chi connectivity index (χ0v) is 12.0. The highest BCUT2D eigenvalue weighted by atomic mass is 32.1. The molecular weight excluding hydrogens is 300 g/mol. The van der Waals surface area contributed by atoms with Gasteiger partial charge < -0.3 is 15.5 Å². The quantitative estimate of drug-likeness (QED) is 0.711. The van der Waals surface area contributed by atoms with Crippen LogP contribution in [-0.2, 0) is 9.59 Å². The van der Waals surface area contributed by atoms with Crippen LogP contribution in [0.5, 0.6) is 0 Å². The normalized spacial score (nSPS) is 12.3. The van der Waals surface area contributed by atoms with Gasteiger partial charge in [0, 0.05) is 5.69 Å². The first-order chi connectivity index (χ1) is 9.81. The highest BCUT2D eigenvalue weighted by Gasteiger charge is 2.26. The lowest BCUT2D eigenvalue weighted by atomic mass is 10.2. The average molecular weight is 312 g/mol. The molecule has 10 heteroatoms. The summed E-state index contributed by atoms with van der Waals surface area (Å²) in [6.07, 6.45) is -0.691. The monoisotopic (exact) mass is 312 g/mol. The molecule has 21 heavy (non-hydrogen) atoms. The number of hydrogen-bond acceptors (Lipinski definition) is 6. The number of carboxylic acids is 2. The van der Waals surface area contributed by atoms with Gasteiger partial charge in [-0.1, -0.05) is 11.3 Å². The second-order valence-electron chi connectivity index (χ2n) is 4.34. The molecule has 0 spiro atoms. The molecule has 2 aromatic heterocycles. The molecule has 1 atom stereocenters. The van der Waals surface area contributed by atoms with Crippen LogP contribution < -0.4 is 5.32 Å². The maximum Gasteiger partial charge on any atom is 0.326 e. The molecule has 2 heterocycles. The first-order valence-corrected chi connectivity index (χ1v) is 6.69.